The topological polar surface area (TPSA) is 61.2 Å². The monoisotopic (exact) mass is 476 g/mol. The van der Waals surface area contributed by atoms with Gasteiger partial charge in [-0.25, -0.2) is 9.18 Å². The molecule has 5 nitrogen and oxygen atoms in total. The minimum absolute atomic E-state index is 0.00405. The van der Waals surface area contributed by atoms with Crippen LogP contribution in [-0.2, 0) is 16.3 Å². The van der Waals surface area contributed by atoms with Crippen LogP contribution < -0.4 is 14.8 Å². The van der Waals surface area contributed by atoms with Gasteiger partial charge in [-0.2, -0.15) is 0 Å². The van der Waals surface area contributed by atoms with Crippen LogP contribution in [0.5, 0.6) is 0 Å². The maximum absolute atomic E-state index is 13.9. The van der Waals surface area contributed by atoms with E-state index in [1.165, 1.54) is 39.8 Å². The largest absolute Gasteiger partial charge is 0.368 e. The van der Waals surface area contributed by atoms with E-state index in [-0.39, 0.29) is 11.7 Å². The Morgan fingerprint density at radius 2 is 2.03 bits per heavy atom. The number of thioether (sulfide) groups is 1. The number of halogens is 2. The minimum atomic E-state index is -1.17. The zero-order chi connectivity index (χ0) is 23.3. The SMILES string of the molecule is CCC(C)/C(Sc1cc(F)ccc1C)=c1\s/c(=C\c2ccncc2)n(CC(=O)OF)c1=O. The van der Waals surface area contributed by atoms with E-state index < -0.39 is 18.1 Å². The molecule has 9 heteroatoms. The fourth-order valence-electron chi connectivity index (χ4n) is 2.95. The third-order valence-corrected chi connectivity index (χ3v) is 7.70. The third kappa shape index (κ3) is 5.52. The lowest BCUT2D eigenvalue weighted by atomic mass is 10.1. The quantitative estimate of drug-likeness (QED) is 0.483. The second-order valence-electron chi connectivity index (χ2n) is 7.22. The van der Waals surface area contributed by atoms with Gasteiger partial charge in [-0.1, -0.05) is 31.7 Å². The number of aryl methyl sites for hydroxylation is 1. The van der Waals surface area contributed by atoms with Crippen molar-refractivity contribution in [3.63, 3.8) is 0 Å². The predicted octanol–water partition coefficient (Wildman–Crippen LogP) is 3.96. The molecule has 0 fully saturated rings. The molecule has 0 bridgehead atoms. The van der Waals surface area contributed by atoms with Crippen LogP contribution in [0.1, 0.15) is 31.4 Å². The van der Waals surface area contributed by atoms with Gasteiger partial charge in [-0.15, -0.1) is 11.3 Å². The molecular weight excluding hydrogens is 454 g/mol. The average molecular weight is 477 g/mol. The molecule has 32 heavy (non-hydrogen) atoms. The lowest BCUT2D eigenvalue weighted by Crippen LogP contribution is -2.35. The number of hydrogen-bond acceptors (Lipinski definition) is 6. The van der Waals surface area contributed by atoms with Crippen molar-refractivity contribution in [1.29, 1.82) is 0 Å². The maximum Gasteiger partial charge on any atom is 0.368 e. The van der Waals surface area contributed by atoms with Crippen LogP contribution >= 0.6 is 23.1 Å². The van der Waals surface area contributed by atoms with Crippen molar-refractivity contribution in [2.75, 3.05) is 0 Å². The summed E-state index contributed by atoms with van der Waals surface area (Å²) in [4.78, 5) is 33.7. The minimum Gasteiger partial charge on any atom is -0.287 e. The Morgan fingerprint density at radius 1 is 1.31 bits per heavy atom. The van der Waals surface area contributed by atoms with Gasteiger partial charge in [-0.05, 0) is 60.7 Å². The summed E-state index contributed by atoms with van der Waals surface area (Å²) in [7, 11) is 0. The van der Waals surface area contributed by atoms with E-state index in [0.29, 0.717) is 14.1 Å². The molecule has 2 heterocycles. The van der Waals surface area contributed by atoms with Gasteiger partial charge in [0.05, 0.1) is 4.66 Å². The molecule has 0 aliphatic carbocycles. The van der Waals surface area contributed by atoms with Crippen LogP contribution in [0, 0.1) is 18.7 Å². The molecular formula is C23H22F2N2O3S2. The summed E-state index contributed by atoms with van der Waals surface area (Å²) in [6, 6.07) is 8.04. The van der Waals surface area contributed by atoms with Gasteiger partial charge < -0.3 is 0 Å². The van der Waals surface area contributed by atoms with Crippen LogP contribution in [0.15, 0.2) is 52.4 Å². The molecule has 0 saturated heterocycles. The molecule has 0 aliphatic rings. The number of thiazole rings is 1. The smallest absolute Gasteiger partial charge is 0.287 e. The van der Waals surface area contributed by atoms with Crippen LogP contribution in [0.4, 0.5) is 8.92 Å². The molecule has 168 valence electrons. The molecule has 0 radical (unpaired) electrons. The van der Waals surface area contributed by atoms with Crippen molar-refractivity contribution < 1.29 is 18.7 Å². The van der Waals surface area contributed by atoms with Crippen molar-refractivity contribution in [2.45, 2.75) is 38.6 Å². The number of pyridine rings is 1. The molecule has 1 atom stereocenters. The van der Waals surface area contributed by atoms with Crippen molar-refractivity contribution in [3.8, 4) is 0 Å². The number of carbonyl (C=O) groups excluding carboxylic acids is 1. The van der Waals surface area contributed by atoms with Crippen molar-refractivity contribution in [2.24, 2.45) is 5.92 Å². The van der Waals surface area contributed by atoms with Crippen molar-refractivity contribution in [1.82, 2.24) is 9.55 Å². The number of nitrogens with zero attached hydrogens (tertiary/aromatic N) is 2. The van der Waals surface area contributed by atoms with Crippen LogP contribution in [0.25, 0.3) is 11.0 Å². The van der Waals surface area contributed by atoms with E-state index in [1.54, 1.807) is 36.7 Å². The van der Waals surface area contributed by atoms with Crippen LogP contribution in [0.2, 0.25) is 0 Å². The Hall–Kier alpha value is -2.78. The van der Waals surface area contributed by atoms with E-state index in [4.69, 9.17) is 0 Å². The second kappa shape index (κ2) is 10.7. The maximum atomic E-state index is 13.9. The van der Waals surface area contributed by atoms with Gasteiger partial charge >= 0.3 is 5.97 Å². The van der Waals surface area contributed by atoms with Crippen molar-refractivity contribution in [3.05, 3.63) is 79.2 Å². The highest BCUT2D eigenvalue weighted by atomic mass is 32.2. The summed E-state index contributed by atoms with van der Waals surface area (Å²) in [5.74, 6) is -1.52. The molecule has 0 aliphatic heterocycles. The number of carbonyl (C=O) groups is 1. The van der Waals surface area contributed by atoms with Crippen molar-refractivity contribution >= 4 is 40.0 Å². The molecule has 3 aromatic rings. The fraction of sp³-hybridized carbons (Fsp3) is 0.261. The summed E-state index contributed by atoms with van der Waals surface area (Å²) >= 11 is 2.55. The fourth-order valence-corrected chi connectivity index (χ4v) is 5.55. The molecule has 2 aromatic heterocycles. The zero-order valence-corrected chi connectivity index (χ0v) is 19.4. The number of aromatic nitrogens is 2. The third-order valence-electron chi connectivity index (χ3n) is 4.94. The Kier molecular flexibility index (Phi) is 7.98. The molecule has 1 unspecified atom stereocenters. The Labute approximate surface area is 192 Å². The summed E-state index contributed by atoms with van der Waals surface area (Å²) in [6.07, 6.45) is 5.70. The highest BCUT2D eigenvalue weighted by molar-refractivity contribution is 8.08. The highest BCUT2D eigenvalue weighted by Gasteiger charge is 2.18. The number of hydrogen-bond donors (Lipinski definition) is 0. The summed E-state index contributed by atoms with van der Waals surface area (Å²) < 4.78 is 28.4. The number of rotatable bonds is 7. The van der Waals surface area contributed by atoms with Crippen LogP contribution in [0.3, 0.4) is 0 Å². The Balaban J connectivity index is 2.29. The summed E-state index contributed by atoms with van der Waals surface area (Å²) in [5.41, 5.74) is 1.24. The van der Waals surface area contributed by atoms with Gasteiger partial charge in [0.2, 0.25) is 0 Å². The first-order valence-electron chi connectivity index (χ1n) is 9.95. The van der Waals surface area contributed by atoms with E-state index in [9.17, 15) is 18.5 Å². The molecule has 1 aromatic carbocycles. The Morgan fingerprint density at radius 3 is 2.69 bits per heavy atom. The summed E-state index contributed by atoms with van der Waals surface area (Å²) in [5, 5.41) is 0. The molecule has 0 spiro atoms. The van der Waals surface area contributed by atoms with Crippen LogP contribution in [-0.4, -0.2) is 15.5 Å². The lowest BCUT2D eigenvalue weighted by Gasteiger charge is -2.14. The molecule has 3 rings (SSSR count). The van der Waals surface area contributed by atoms with Gasteiger partial charge in [0.1, 0.15) is 16.9 Å². The highest BCUT2D eigenvalue weighted by Crippen LogP contribution is 2.35. The first-order chi connectivity index (χ1) is 15.3. The zero-order valence-electron chi connectivity index (χ0n) is 17.8. The van der Waals surface area contributed by atoms with E-state index in [0.717, 1.165) is 22.5 Å². The normalized spacial score (nSPS) is 13.7. The first-order valence-corrected chi connectivity index (χ1v) is 11.6. The van der Waals surface area contributed by atoms with Gasteiger partial charge in [0, 0.05) is 26.7 Å². The van der Waals surface area contributed by atoms with Gasteiger partial charge in [-0.3, -0.25) is 19.3 Å². The van der Waals surface area contributed by atoms with E-state index in [1.807, 2.05) is 20.8 Å². The molecule has 0 amide bonds. The van der Waals surface area contributed by atoms with Gasteiger partial charge in [0.15, 0.2) is 0 Å². The standard InChI is InChI=1S/C23H22F2N2O3S2/c1-4-14(2)21(31-18-12-17(24)6-5-15(18)3)22-23(29)27(13-20(28)30-25)19(32-22)11-16-7-9-26-10-8-16/h5-12,14H,4,13H2,1-3H3/b19-11-,22-21+. The average Bonchev–Trinajstić information content (AvgIpc) is 3.09. The predicted molar refractivity (Wildman–Crippen MR) is 123 cm³/mol. The Bertz CT molecular complexity index is 1290. The van der Waals surface area contributed by atoms with E-state index >= 15 is 0 Å². The molecule has 0 saturated carbocycles. The first kappa shape index (κ1) is 23.9. The second-order valence-corrected chi connectivity index (χ2v) is 9.33. The van der Waals surface area contributed by atoms with E-state index in [2.05, 4.69) is 9.93 Å². The summed E-state index contributed by atoms with van der Waals surface area (Å²) in [6.45, 7) is 5.31. The lowest BCUT2D eigenvalue weighted by molar-refractivity contribution is -0.184. The number of benzene rings is 1. The molecule has 0 N–H and O–H groups in total. The van der Waals surface area contributed by atoms with Gasteiger partial charge in [0.25, 0.3) is 5.56 Å².